The molecule has 0 spiro atoms. The molecule has 1 saturated heterocycles. The van der Waals surface area contributed by atoms with Gasteiger partial charge >= 0.3 is 0 Å². The molecule has 1 aliphatic rings. The van der Waals surface area contributed by atoms with E-state index in [-0.39, 0.29) is 12.0 Å². The van der Waals surface area contributed by atoms with Crippen LogP contribution < -0.4 is 10.1 Å². The molecule has 0 bridgehead atoms. The van der Waals surface area contributed by atoms with E-state index < -0.39 is 0 Å². The number of rotatable bonds is 5. The molecule has 0 aliphatic carbocycles. The van der Waals surface area contributed by atoms with Gasteiger partial charge in [-0.05, 0) is 58.0 Å². The fourth-order valence-corrected chi connectivity index (χ4v) is 3.01. The molecule has 1 fully saturated rings. The van der Waals surface area contributed by atoms with Crippen molar-refractivity contribution < 1.29 is 9.53 Å². The highest BCUT2D eigenvalue weighted by Crippen LogP contribution is 2.28. The third-order valence-corrected chi connectivity index (χ3v) is 4.10. The fraction of sp³-hybridized carbons (Fsp3) is 0.562. The minimum atomic E-state index is 0.0430. The van der Waals surface area contributed by atoms with Crippen LogP contribution >= 0.6 is 15.9 Å². The van der Waals surface area contributed by atoms with Gasteiger partial charge in [0.2, 0.25) is 0 Å². The van der Waals surface area contributed by atoms with Crippen LogP contribution in [0.15, 0.2) is 22.7 Å². The maximum atomic E-state index is 12.7. The van der Waals surface area contributed by atoms with Crippen molar-refractivity contribution in [2.45, 2.75) is 26.4 Å². The third kappa shape index (κ3) is 4.20. The Hall–Kier alpha value is -1.07. The van der Waals surface area contributed by atoms with Crippen LogP contribution in [0.3, 0.4) is 0 Å². The number of nitrogens with zero attached hydrogens (tertiary/aromatic N) is 1. The van der Waals surface area contributed by atoms with E-state index in [0.29, 0.717) is 17.2 Å². The van der Waals surface area contributed by atoms with Gasteiger partial charge in [0.25, 0.3) is 5.91 Å². The Labute approximate surface area is 135 Å². The summed E-state index contributed by atoms with van der Waals surface area (Å²) in [4.78, 5) is 14.6. The van der Waals surface area contributed by atoms with E-state index >= 15 is 0 Å². The summed E-state index contributed by atoms with van der Waals surface area (Å²) in [5, 5.41) is 3.18. The number of carbonyl (C=O) groups excluding carboxylic acids is 1. The molecule has 1 heterocycles. The maximum Gasteiger partial charge on any atom is 0.257 e. The molecule has 0 saturated carbocycles. The van der Waals surface area contributed by atoms with Crippen LogP contribution in [-0.2, 0) is 0 Å². The number of hydrogen-bond acceptors (Lipinski definition) is 3. The Kier molecular flexibility index (Phi) is 5.65. The molecule has 1 aromatic rings. The first-order valence-corrected chi connectivity index (χ1v) is 8.20. The summed E-state index contributed by atoms with van der Waals surface area (Å²) in [7, 11) is 1.95. The molecule has 1 atom stereocenters. The van der Waals surface area contributed by atoms with Crippen LogP contribution in [0, 0.1) is 5.92 Å². The predicted molar refractivity (Wildman–Crippen MR) is 87.8 cm³/mol. The Morgan fingerprint density at radius 1 is 1.52 bits per heavy atom. The number of halogens is 1. The van der Waals surface area contributed by atoms with Gasteiger partial charge in [-0.15, -0.1) is 0 Å². The average molecular weight is 355 g/mol. The minimum absolute atomic E-state index is 0.0430. The van der Waals surface area contributed by atoms with Crippen LogP contribution in [0.4, 0.5) is 0 Å². The monoisotopic (exact) mass is 354 g/mol. The second-order valence-electron chi connectivity index (χ2n) is 5.77. The van der Waals surface area contributed by atoms with Crippen LogP contribution in [0.2, 0.25) is 0 Å². The van der Waals surface area contributed by atoms with Crippen LogP contribution in [0.25, 0.3) is 0 Å². The summed E-state index contributed by atoms with van der Waals surface area (Å²) in [5.74, 6) is 1.27. The molecule has 1 aromatic carbocycles. The van der Waals surface area contributed by atoms with Crippen molar-refractivity contribution in [2.24, 2.45) is 5.92 Å². The lowest BCUT2D eigenvalue weighted by Crippen LogP contribution is -2.30. The fourth-order valence-electron chi connectivity index (χ4n) is 2.67. The number of benzene rings is 1. The molecule has 1 N–H and O–H groups in total. The highest BCUT2D eigenvalue weighted by atomic mass is 79.9. The lowest BCUT2D eigenvalue weighted by Gasteiger charge is -2.20. The SMILES string of the molecule is CNCC1CCN(C(=O)c2ccc(Br)cc2OC(C)C)C1. The molecule has 5 heteroatoms. The number of amides is 1. The number of likely N-dealkylation sites (tertiary alicyclic amines) is 1. The van der Waals surface area contributed by atoms with E-state index in [1.54, 1.807) is 0 Å². The van der Waals surface area contributed by atoms with Crippen LogP contribution in [0.5, 0.6) is 5.75 Å². The highest BCUT2D eigenvalue weighted by Gasteiger charge is 2.28. The average Bonchev–Trinajstić information content (AvgIpc) is 2.86. The number of ether oxygens (including phenoxy) is 1. The lowest BCUT2D eigenvalue weighted by atomic mass is 10.1. The molecule has 4 nitrogen and oxygen atoms in total. The number of carbonyl (C=O) groups is 1. The first kappa shape index (κ1) is 16.3. The maximum absolute atomic E-state index is 12.7. The van der Waals surface area contributed by atoms with Gasteiger partial charge in [-0.25, -0.2) is 0 Å². The second kappa shape index (κ2) is 7.27. The first-order chi connectivity index (χ1) is 10.0. The van der Waals surface area contributed by atoms with E-state index in [1.165, 1.54) is 0 Å². The van der Waals surface area contributed by atoms with Gasteiger partial charge in [0, 0.05) is 17.6 Å². The molecule has 1 amide bonds. The normalized spacial score (nSPS) is 18.3. The Morgan fingerprint density at radius 2 is 2.29 bits per heavy atom. The van der Waals surface area contributed by atoms with Crippen molar-refractivity contribution in [2.75, 3.05) is 26.7 Å². The molecule has 1 aliphatic heterocycles. The number of nitrogens with one attached hydrogen (secondary N) is 1. The summed E-state index contributed by atoms with van der Waals surface area (Å²) < 4.78 is 6.71. The highest BCUT2D eigenvalue weighted by molar-refractivity contribution is 9.10. The van der Waals surface area contributed by atoms with Gasteiger partial charge in [0.1, 0.15) is 5.75 Å². The number of hydrogen-bond donors (Lipinski definition) is 1. The van der Waals surface area contributed by atoms with Gasteiger partial charge in [0.15, 0.2) is 0 Å². The third-order valence-electron chi connectivity index (χ3n) is 3.60. The van der Waals surface area contributed by atoms with Crippen LogP contribution in [-0.4, -0.2) is 43.6 Å². The van der Waals surface area contributed by atoms with Gasteiger partial charge in [-0.3, -0.25) is 4.79 Å². The topological polar surface area (TPSA) is 41.6 Å². The molecule has 1 unspecified atom stereocenters. The van der Waals surface area contributed by atoms with Gasteiger partial charge < -0.3 is 15.0 Å². The van der Waals surface area contributed by atoms with Crippen molar-refractivity contribution >= 4 is 21.8 Å². The minimum Gasteiger partial charge on any atom is -0.490 e. The summed E-state index contributed by atoms with van der Waals surface area (Å²) in [6.07, 6.45) is 1.10. The van der Waals surface area contributed by atoms with E-state index in [4.69, 9.17) is 4.74 Å². The zero-order chi connectivity index (χ0) is 15.4. The molecular weight excluding hydrogens is 332 g/mol. The zero-order valence-electron chi connectivity index (χ0n) is 12.9. The van der Waals surface area contributed by atoms with Crippen molar-refractivity contribution in [1.82, 2.24) is 10.2 Å². The molecule has 116 valence electrons. The lowest BCUT2D eigenvalue weighted by molar-refractivity contribution is 0.0781. The molecule has 0 aromatic heterocycles. The van der Waals surface area contributed by atoms with Crippen molar-refractivity contribution in [3.05, 3.63) is 28.2 Å². The van der Waals surface area contributed by atoms with Crippen molar-refractivity contribution in [3.8, 4) is 5.75 Å². The van der Waals surface area contributed by atoms with E-state index in [9.17, 15) is 4.79 Å². The van der Waals surface area contributed by atoms with Crippen molar-refractivity contribution in [1.29, 1.82) is 0 Å². The Bertz CT molecular complexity index is 505. The molecule has 2 rings (SSSR count). The van der Waals surface area contributed by atoms with Crippen LogP contribution in [0.1, 0.15) is 30.6 Å². The quantitative estimate of drug-likeness (QED) is 0.883. The van der Waals surface area contributed by atoms with E-state index in [0.717, 1.165) is 30.5 Å². The Balaban J connectivity index is 2.15. The zero-order valence-corrected chi connectivity index (χ0v) is 14.4. The molecular formula is C16H23BrN2O2. The van der Waals surface area contributed by atoms with Gasteiger partial charge in [-0.1, -0.05) is 15.9 Å². The standard InChI is InChI=1S/C16H23BrN2O2/c1-11(2)21-15-8-13(17)4-5-14(15)16(20)19-7-6-12(10-19)9-18-3/h4-5,8,11-12,18H,6-7,9-10H2,1-3H3. The predicted octanol–water partition coefficient (Wildman–Crippen LogP) is 2.92. The first-order valence-electron chi connectivity index (χ1n) is 7.41. The Morgan fingerprint density at radius 3 is 2.95 bits per heavy atom. The van der Waals surface area contributed by atoms with Gasteiger partial charge in [-0.2, -0.15) is 0 Å². The summed E-state index contributed by atoms with van der Waals surface area (Å²) >= 11 is 3.44. The summed E-state index contributed by atoms with van der Waals surface area (Å²) in [5.41, 5.74) is 0.650. The summed E-state index contributed by atoms with van der Waals surface area (Å²) in [6, 6.07) is 5.60. The van der Waals surface area contributed by atoms with E-state index in [2.05, 4.69) is 21.2 Å². The molecule has 21 heavy (non-hydrogen) atoms. The van der Waals surface area contributed by atoms with Crippen molar-refractivity contribution in [3.63, 3.8) is 0 Å². The second-order valence-corrected chi connectivity index (χ2v) is 6.69. The summed E-state index contributed by atoms with van der Waals surface area (Å²) in [6.45, 7) is 6.53. The van der Waals surface area contributed by atoms with E-state index in [1.807, 2.05) is 44.0 Å². The largest absolute Gasteiger partial charge is 0.490 e. The van der Waals surface area contributed by atoms with Gasteiger partial charge in [0.05, 0.1) is 11.7 Å². The molecule has 0 radical (unpaired) electrons. The smallest absolute Gasteiger partial charge is 0.257 e.